The van der Waals surface area contributed by atoms with E-state index in [4.69, 9.17) is 4.52 Å². The molecule has 1 amide bonds. The molecule has 1 N–H and O–H groups in total. The fraction of sp³-hybridized carbons (Fsp3) is 0.0769. The lowest BCUT2D eigenvalue weighted by Crippen LogP contribution is -2.19. The Labute approximate surface area is 128 Å². The van der Waals surface area contributed by atoms with E-state index in [-0.39, 0.29) is 24.0 Å². The van der Waals surface area contributed by atoms with Crippen LogP contribution in [0.1, 0.15) is 10.8 Å². The molecule has 9 heteroatoms. The monoisotopic (exact) mass is 314 g/mol. The van der Waals surface area contributed by atoms with Crippen LogP contribution in [0.25, 0.3) is 11.5 Å². The lowest BCUT2D eigenvalue weighted by molar-refractivity contribution is -0.120. The number of thiophene rings is 1. The number of hydrazone groups is 1. The van der Waals surface area contributed by atoms with Crippen molar-refractivity contribution in [1.29, 1.82) is 0 Å². The molecule has 0 saturated heterocycles. The molecule has 3 aromatic heterocycles. The van der Waals surface area contributed by atoms with Crippen LogP contribution < -0.4 is 5.43 Å². The Kier molecular flexibility index (Phi) is 4.25. The number of carbonyl (C=O) groups is 1. The maximum atomic E-state index is 11.7. The molecular formula is C13H10N6O2S. The molecule has 0 unspecified atom stereocenters. The lowest BCUT2D eigenvalue weighted by atomic mass is 10.4. The third-order valence-electron chi connectivity index (χ3n) is 2.50. The SMILES string of the molecule is O=C(Cc1nc(-c2cnccn2)no1)N/N=C\c1cccs1. The number of hydrogen-bond acceptors (Lipinski definition) is 8. The van der Waals surface area contributed by atoms with Crippen molar-refractivity contribution in [3.05, 3.63) is 46.9 Å². The zero-order chi connectivity index (χ0) is 15.2. The fourth-order valence-corrected chi connectivity index (χ4v) is 2.14. The van der Waals surface area contributed by atoms with Gasteiger partial charge in [0.15, 0.2) is 0 Å². The first kappa shape index (κ1) is 14.0. The predicted molar refractivity (Wildman–Crippen MR) is 79.1 cm³/mol. The molecule has 3 heterocycles. The van der Waals surface area contributed by atoms with E-state index in [0.29, 0.717) is 5.69 Å². The highest BCUT2D eigenvalue weighted by Crippen LogP contribution is 2.11. The summed E-state index contributed by atoms with van der Waals surface area (Å²) in [5, 5.41) is 9.53. The summed E-state index contributed by atoms with van der Waals surface area (Å²) in [6.07, 6.45) is 6.09. The van der Waals surface area contributed by atoms with Crippen molar-refractivity contribution < 1.29 is 9.32 Å². The molecule has 0 fully saturated rings. The summed E-state index contributed by atoms with van der Waals surface area (Å²) in [4.78, 5) is 24.7. The zero-order valence-electron chi connectivity index (χ0n) is 11.2. The second-order valence-corrected chi connectivity index (χ2v) is 5.07. The minimum absolute atomic E-state index is 0.0605. The number of aromatic nitrogens is 4. The molecule has 3 aromatic rings. The van der Waals surface area contributed by atoms with Crippen LogP contribution in [0.15, 0.2) is 45.7 Å². The number of amides is 1. The Morgan fingerprint density at radius 3 is 3.18 bits per heavy atom. The molecule has 22 heavy (non-hydrogen) atoms. The van der Waals surface area contributed by atoms with Gasteiger partial charge in [-0.3, -0.25) is 9.78 Å². The smallest absolute Gasteiger partial charge is 0.249 e. The number of hydrogen-bond donors (Lipinski definition) is 1. The number of carbonyl (C=O) groups excluding carboxylic acids is 1. The van der Waals surface area contributed by atoms with E-state index in [9.17, 15) is 4.79 Å². The molecule has 0 aliphatic carbocycles. The Bertz CT molecular complexity index is 769. The second kappa shape index (κ2) is 6.68. The Balaban J connectivity index is 1.57. The fourth-order valence-electron chi connectivity index (χ4n) is 1.55. The van der Waals surface area contributed by atoms with Crippen molar-refractivity contribution in [2.24, 2.45) is 5.10 Å². The number of rotatable bonds is 5. The molecular weight excluding hydrogens is 304 g/mol. The van der Waals surface area contributed by atoms with Crippen LogP contribution in [0.2, 0.25) is 0 Å². The summed E-state index contributed by atoms with van der Waals surface area (Å²) in [5.41, 5.74) is 2.88. The van der Waals surface area contributed by atoms with E-state index >= 15 is 0 Å². The zero-order valence-corrected chi connectivity index (χ0v) is 12.0. The molecule has 0 aliphatic rings. The third-order valence-corrected chi connectivity index (χ3v) is 3.30. The average molecular weight is 314 g/mol. The van der Waals surface area contributed by atoms with Crippen molar-refractivity contribution in [3.63, 3.8) is 0 Å². The van der Waals surface area contributed by atoms with Crippen LogP contribution >= 0.6 is 11.3 Å². The molecule has 0 atom stereocenters. The van der Waals surface area contributed by atoms with Gasteiger partial charge in [-0.1, -0.05) is 11.2 Å². The summed E-state index contributed by atoms with van der Waals surface area (Å²) in [7, 11) is 0. The highest BCUT2D eigenvalue weighted by molar-refractivity contribution is 7.11. The summed E-state index contributed by atoms with van der Waals surface area (Å²) < 4.78 is 5.00. The second-order valence-electron chi connectivity index (χ2n) is 4.09. The first-order valence-electron chi connectivity index (χ1n) is 6.25. The predicted octanol–water partition coefficient (Wildman–Crippen LogP) is 1.28. The van der Waals surface area contributed by atoms with E-state index < -0.39 is 0 Å². The summed E-state index contributed by atoms with van der Waals surface area (Å²) in [6.45, 7) is 0. The topological polar surface area (TPSA) is 106 Å². The van der Waals surface area contributed by atoms with Gasteiger partial charge in [0.05, 0.1) is 12.4 Å². The molecule has 0 radical (unpaired) electrons. The first-order chi connectivity index (χ1) is 10.8. The van der Waals surface area contributed by atoms with Crippen molar-refractivity contribution in [3.8, 4) is 11.5 Å². The van der Waals surface area contributed by atoms with Gasteiger partial charge in [-0.25, -0.2) is 10.4 Å². The van der Waals surface area contributed by atoms with E-state index in [1.807, 2.05) is 17.5 Å². The molecule has 0 saturated carbocycles. The van der Waals surface area contributed by atoms with Gasteiger partial charge < -0.3 is 4.52 Å². The molecule has 0 aliphatic heterocycles. The minimum atomic E-state index is -0.345. The van der Waals surface area contributed by atoms with Crippen LogP contribution in [0.3, 0.4) is 0 Å². The standard InChI is InChI=1S/C13H10N6O2S/c20-11(18-16-7-9-2-1-5-22-9)6-12-17-13(19-21-12)10-8-14-3-4-15-10/h1-5,7-8H,6H2,(H,18,20)/b16-7-. The van der Waals surface area contributed by atoms with Gasteiger partial charge in [-0.2, -0.15) is 10.1 Å². The van der Waals surface area contributed by atoms with Gasteiger partial charge in [0, 0.05) is 17.3 Å². The van der Waals surface area contributed by atoms with Gasteiger partial charge in [-0.05, 0) is 11.4 Å². The third kappa shape index (κ3) is 3.58. The maximum absolute atomic E-state index is 11.7. The van der Waals surface area contributed by atoms with Crippen molar-refractivity contribution in [2.45, 2.75) is 6.42 Å². The van der Waals surface area contributed by atoms with E-state index in [2.05, 4.69) is 30.6 Å². The van der Waals surface area contributed by atoms with Crippen molar-refractivity contribution in [2.75, 3.05) is 0 Å². The summed E-state index contributed by atoms with van der Waals surface area (Å²) >= 11 is 1.53. The minimum Gasteiger partial charge on any atom is -0.338 e. The average Bonchev–Trinajstić information content (AvgIpc) is 3.20. The number of nitrogens with zero attached hydrogens (tertiary/aromatic N) is 5. The summed E-state index contributed by atoms with van der Waals surface area (Å²) in [5.74, 6) is 0.129. The van der Waals surface area contributed by atoms with Gasteiger partial charge >= 0.3 is 0 Å². The van der Waals surface area contributed by atoms with Gasteiger partial charge in [0.2, 0.25) is 17.6 Å². The van der Waals surface area contributed by atoms with Crippen molar-refractivity contribution >= 4 is 23.5 Å². The van der Waals surface area contributed by atoms with Crippen LogP contribution in [-0.2, 0) is 11.2 Å². The largest absolute Gasteiger partial charge is 0.338 e. The molecule has 3 rings (SSSR count). The Morgan fingerprint density at radius 1 is 1.45 bits per heavy atom. The highest BCUT2D eigenvalue weighted by Gasteiger charge is 2.12. The van der Waals surface area contributed by atoms with Crippen LogP contribution in [0, 0.1) is 0 Å². The van der Waals surface area contributed by atoms with Crippen LogP contribution in [-0.4, -0.2) is 32.2 Å². The van der Waals surface area contributed by atoms with Gasteiger partial charge in [0.1, 0.15) is 12.1 Å². The van der Waals surface area contributed by atoms with Gasteiger partial charge in [0.25, 0.3) is 0 Å². The molecule has 8 nitrogen and oxygen atoms in total. The number of nitrogens with one attached hydrogen (secondary N) is 1. The van der Waals surface area contributed by atoms with Crippen molar-refractivity contribution in [1.82, 2.24) is 25.5 Å². The van der Waals surface area contributed by atoms with E-state index in [1.54, 1.807) is 12.4 Å². The van der Waals surface area contributed by atoms with Crippen LogP contribution in [0.5, 0.6) is 0 Å². The Hall–Kier alpha value is -2.94. The van der Waals surface area contributed by atoms with E-state index in [1.165, 1.54) is 23.7 Å². The first-order valence-corrected chi connectivity index (χ1v) is 7.13. The van der Waals surface area contributed by atoms with Crippen LogP contribution in [0.4, 0.5) is 0 Å². The van der Waals surface area contributed by atoms with E-state index in [0.717, 1.165) is 4.88 Å². The molecule has 0 spiro atoms. The van der Waals surface area contributed by atoms with Gasteiger partial charge in [-0.15, -0.1) is 11.3 Å². The Morgan fingerprint density at radius 2 is 2.41 bits per heavy atom. The molecule has 0 bridgehead atoms. The highest BCUT2D eigenvalue weighted by atomic mass is 32.1. The maximum Gasteiger partial charge on any atom is 0.249 e. The lowest BCUT2D eigenvalue weighted by Gasteiger charge is -1.94. The normalized spacial score (nSPS) is 10.9. The quantitative estimate of drug-likeness (QED) is 0.561. The molecule has 110 valence electrons. The summed E-state index contributed by atoms with van der Waals surface area (Å²) in [6, 6.07) is 3.80. The molecule has 0 aromatic carbocycles.